The molecule has 1 aliphatic rings. The first-order valence-corrected chi connectivity index (χ1v) is 12.0. The number of methoxy groups -OCH3 is 2. The third kappa shape index (κ3) is 8.25. The smallest absolute Gasteiger partial charge is 0.756 e. The Morgan fingerprint density at radius 2 is 1.76 bits per heavy atom. The number of hydrogen-bond donors (Lipinski definition) is 4. The van der Waals surface area contributed by atoms with Crippen LogP contribution in [0.5, 0.6) is 17.2 Å². The molecule has 1 fully saturated rings. The average molecular weight is 545 g/mol. The molecule has 194 valence electrons. The van der Waals surface area contributed by atoms with E-state index in [1.54, 1.807) is 36.4 Å². The standard InChI is InChI=1S/C23H26NO11P.Na/c1-31-17-8-5-14(10-18(17)32-2)15(11-24)9-13-3-6-16(7-4-13)34-22-19(12-33-36(28,29)30)35-23(27)21(26)20(22)25;/h3-10,19-23,25-27H,12H2,1-2H3,(H2,28,29,30);/q;+1/p-1/b15-9+;. The molecule has 0 radical (unpaired) electrons. The summed E-state index contributed by atoms with van der Waals surface area (Å²) in [6.45, 7) is -0.777. The molecule has 0 bridgehead atoms. The summed E-state index contributed by atoms with van der Waals surface area (Å²) in [5, 5.41) is 39.6. The van der Waals surface area contributed by atoms with Crippen molar-refractivity contribution in [3.63, 3.8) is 0 Å². The van der Waals surface area contributed by atoms with Crippen LogP contribution in [0.1, 0.15) is 11.1 Å². The molecule has 2 aromatic carbocycles. The minimum absolute atomic E-state index is 0. The van der Waals surface area contributed by atoms with Gasteiger partial charge in [0, 0.05) is 0 Å². The van der Waals surface area contributed by atoms with Crippen LogP contribution < -0.4 is 48.7 Å². The van der Waals surface area contributed by atoms with E-state index in [4.69, 9.17) is 23.8 Å². The number of rotatable bonds is 9. The van der Waals surface area contributed by atoms with Crippen LogP contribution in [0, 0.1) is 11.3 Å². The zero-order valence-electron chi connectivity index (χ0n) is 20.3. The number of hydrogen-bond acceptors (Lipinski definition) is 11. The van der Waals surface area contributed by atoms with Crippen molar-refractivity contribution >= 4 is 19.5 Å². The molecule has 6 atom stereocenters. The van der Waals surface area contributed by atoms with E-state index in [2.05, 4.69) is 10.6 Å². The third-order valence-corrected chi connectivity index (χ3v) is 5.81. The first-order chi connectivity index (χ1) is 17.1. The van der Waals surface area contributed by atoms with Gasteiger partial charge in [0.25, 0.3) is 7.82 Å². The van der Waals surface area contributed by atoms with Gasteiger partial charge < -0.3 is 48.6 Å². The van der Waals surface area contributed by atoms with Crippen molar-refractivity contribution in [2.24, 2.45) is 0 Å². The Bertz CT molecular complexity index is 1160. The molecule has 1 heterocycles. The minimum Gasteiger partial charge on any atom is -0.756 e. The molecule has 4 N–H and O–H groups in total. The predicted molar refractivity (Wildman–Crippen MR) is 123 cm³/mol. The van der Waals surface area contributed by atoms with Crippen LogP contribution in [0.15, 0.2) is 42.5 Å². The molecule has 12 nitrogen and oxygen atoms in total. The first-order valence-electron chi connectivity index (χ1n) is 10.5. The maximum atomic E-state index is 10.9. The Morgan fingerprint density at radius 1 is 1.11 bits per heavy atom. The van der Waals surface area contributed by atoms with Crippen molar-refractivity contribution in [2.75, 3.05) is 20.8 Å². The summed E-state index contributed by atoms with van der Waals surface area (Å²) in [6, 6.07) is 13.5. The van der Waals surface area contributed by atoms with Crippen LogP contribution in [0.2, 0.25) is 0 Å². The zero-order chi connectivity index (χ0) is 26.5. The molecule has 2 aromatic rings. The predicted octanol–water partition coefficient (Wildman–Crippen LogP) is -2.56. The monoisotopic (exact) mass is 545 g/mol. The van der Waals surface area contributed by atoms with Gasteiger partial charge in [-0.05, 0) is 47.5 Å². The topological polar surface area (TPSA) is 191 Å². The fourth-order valence-corrected chi connectivity index (χ4v) is 3.85. The molecule has 3 rings (SSSR count). The van der Waals surface area contributed by atoms with Gasteiger partial charge in [-0.15, -0.1) is 0 Å². The van der Waals surface area contributed by atoms with E-state index in [-0.39, 0.29) is 35.3 Å². The van der Waals surface area contributed by atoms with Gasteiger partial charge in [-0.2, -0.15) is 5.26 Å². The van der Waals surface area contributed by atoms with Crippen molar-refractivity contribution in [1.82, 2.24) is 0 Å². The van der Waals surface area contributed by atoms with Crippen molar-refractivity contribution < 1.29 is 82.7 Å². The summed E-state index contributed by atoms with van der Waals surface area (Å²) in [6.07, 6.45) is -6.29. The Balaban J connectivity index is 0.00000481. The fraction of sp³-hybridized carbons (Fsp3) is 0.348. The number of ether oxygens (including phenoxy) is 4. The molecule has 0 saturated carbocycles. The second kappa shape index (κ2) is 13.7. The Kier molecular flexibility index (Phi) is 11.6. The van der Waals surface area contributed by atoms with Crippen molar-refractivity contribution in [3.05, 3.63) is 53.6 Å². The number of nitrogens with zero attached hydrogens (tertiary/aromatic N) is 1. The Morgan fingerprint density at radius 3 is 2.32 bits per heavy atom. The van der Waals surface area contributed by atoms with Crippen molar-refractivity contribution in [3.8, 4) is 23.3 Å². The summed E-state index contributed by atoms with van der Waals surface area (Å²) >= 11 is 0. The number of aliphatic hydroxyl groups excluding tert-OH is 3. The molecule has 1 aliphatic heterocycles. The largest absolute Gasteiger partial charge is 1.00 e. The van der Waals surface area contributed by atoms with Gasteiger partial charge in [0.2, 0.25) is 0 Å². The number of nitriles is 1. The SMILES string of the molecule is COc1ccc(/C(C#N)=C/c2ccc(OC3C(COP(=O)([O-])O)OC(O)C(O)C3O)cc2)cc1OC.[Na+]. The minimum atomic E-state index is -5.11. The molecule has 6 unspecified atom stereocenters. The van der Waals surface area contributed by atoms with E-state index in [9.17, 15) is 30.0 Å². The molecule has 0 aliphatic carbocycles. The van der Waals surface area contributed by atoms with Crippen LogP contribution in [-0.4, -0.2) is 71.7 Å². The van der Waals surface area contributed by atoms with Crippen molar-refractivity contribution in [1.29, 1.82) is 5.26 Å². The number of allylic oxidation sites excluding steroid dienone is 1. The quantitative estimate of drug-likeness (QED) is 0.112. The van der Waals surface area contributed by atoms with Gasteiger partial charge in [-0.25, -0.2) is 0 Å². The van der Waals surface area contributed by atoms with Crippen LogP contribution in [0.3, 0.4) is 0 Å². The normalized spacial score (nSPS) is 25.2. The van der Waals surface area contributed by atoms with Crippen LogP contribution in [-0.2, 0) is 13.8 Å². The molecule has 1 saturated heterocycles. The summed E-state index contributed by atoms with van der Waals surface area (Å²) in [4.78, 5) is 19.8. The number of aliphatic hydroxyl groups is 3. The Labute approximate surface area is 235 Å². The molecule has 0 aromatic heterocycles. The van der Waals surface area contributed by atoms with Gasteiger partial charge in [0.1, 0.15) is 24.1 Å². The van der Waals surface area contributed by atoms with Crippen molar-refractivity contribution in [2.45, 2.75) is 30.7 Å². The third-order valence-electron chi connectivity index (χ3n) is 5.34. The maximum Gasteiger partial charge on any atom is 1.00 e. The number of phosphoric acid groups is 1. The van der Waals surface area contributed by atoms with E-state index in [1.807, 2.05) is 0 Å². The van der Waals surface area contributed by atoms with E-state index in [0.29, 0.717) is 28.2 Å². The van der Waals surface area contributed by atoms with E-state index in [0.717, 1.165) is 0 Å². The second-order valence-corrected chi connectivity index (χ2v) is 8.90. The summed E-state index contributed by atoms with van der Waals surface area (Å²) in [5.74, 6) is 1.19. The first kappa shape index (κ1) is 31.2. The summed E-state index contributed by atoms with van der Waals surface area (Å²) < 4.78 is 36.5. The molecular formula is C23H25NNaO11P. The van der Waals surface area contributed by atoms with Gasteiger partial charge >= 0.3 is 29.6 Å². The van der Waals surface area contributed by atoms with Gasteiger partial charge in [-0.3, -0.25) is 4.57 Å². The van der Waals surface area contributed by atoms with Gasteiger partial charge in [0.15, 0.2) is 23.9 Å². The van der Waals surface area contributed by atoms with Gasteiger partial charge in [-0.1, -0.05) is 12.1 Å². The van der Waals surface area contributed by atoms with Crippen LogP contribution >= 0.6 is 7.82 Å². The van der Waals surface area contributed by atoms with E-state index >= 15 is 0 Å². The molecule has 37 heavy (non-hydrogen) atoms. The maximum absolute atomic E-state index is 10.9. The van der Waals surface area contributed by atoms with Crippen LogP contribution in [0.25, 0.3) is 11.6 Å². The molecular weight excluding hydrogens is 520 g/mol. The van der Waals surface area contributed by atoms with E-state index in [1.165, 1.54) is 26.4 Å². The van der Waals surface area contributed by atoms with Gasteiger partial charge in [0.05, 0.1) is 32.5 Å². The summed E-state index contributed by atoms with van der Waals surface area (Å²) in [5.41, 5.74) is 1.59. The second-order valence-electron chi connectivity index (χ2n) is 7.70. The zero-order valence-corrected chi connectivity index (χ0v) is 23.1. The molecule has 0 spiro atoms. The fourth-order valence-electron chi connectivity index (χ4n) is 3.52. The van der Waals surface area contributed by atoms with E-state index < -0.39 is 45.1 Å². The number of phosphoric ester groups is 1. The molecule has 0 amide bonds. The number of benzene rings is 2. The molecule has 14 heteroatoms. The average Bonchev–Trinajstić information content (AvgIpc) is 2.86. The Hall–Kier alpha value is -1.98. The summed E-state index contributed by atoms with van der Waals surface area (Å²) in [7, 11) is -2.12. The van der Waals surface area contributed by atoms with Crippen LogP contribution in [0.4, 0.5) is 0 Å².